The van der Waals surface area contributed by atoms with E-state index >= 15 is 0 Å². The molecule has 0 unspecified atom stereocenters. The van der Waals surface area contributed by atoms with Gasteiger partial charge >= 0.3 is 0 Å². The van der Waals surface area contributed by atoms with Gasteiger partial charge in [0.2, 0.25) is 0 Å². The van der Waals surface area contributed by atoms with Crippen LogP contribution in [0.4, 0.5) is 0 Å². The minimum absolute atomic E-state index is 0.0716. The van der Waals surface area contributed by atoms with Crippen LogP contribution in [0, 0.1) is 6.92 Å². The average molecular weight is 295 g/mol. The summed E-state index contributed by atoms with van der Waals surface area (Å²) in [7, 11) is 0. The van der Waals surface area contributed by atoms with E-state index in [2.05, 4.69) is 0 Å². The first-order valence-electron chi connectivity index (χ1n) is 5.74. The average Bonchev–Trinajstić information content (AvgIpc) is 2.35. The Morgan fingerprint density at radius 3 is 2.58 bits per heavy atom. The van der Waals surface area contributed by atoms with Crippen molar-refractivity contribution < 1.29 is 9.90 Å². The molecule has 2 nitrogen and oxygen atoms in total. The number of ketones is 1. The van der Waals surface area contributed by atoms with Gasteiger partial charge in [0.05, 0.1) is 5.56 Å². The lowest BCUT2D eigenvalue weighted by molar-refractivity contribution is 0.0990. The summed E-state index contributed by atoms with van der Waals surface area (Å²) in [5.41, 5.74) is 1.98. The molecule has 0 aliphatic heterocycles. The molecule has 2 rings (SSSR count). The highest BCUT2D eigenvalue weighted by Crippen LogP contribution is 2.25. The highest BCUT2D eigenvalue weighted by atomic mass is 35.5. The molecule has 0 radical (unpaired) electrons. The van der Waals surface area contributed by atoms with Gasteiger partial charge in [-0.1, -0.05) is 35.3 Å². The van der Waals surface area contributed by atoms with Gasteiger partial charge in [-0.25, -0.2) is 0 Å². The van der Waals surface area contributed by atoms with Crippen LogP contribution < -0.4 is 0 Å². The molecule has 2 aromatic carbocycles. The van der Waals surface area contributed by atoms with E-state index in [9.17, 15) is 9.90 Å². The van der Waals surface area contributed by atoms with Crippen molar-refractivity contribution in [1.29, 1.82) is 0 Å². The van der Waals surface area contributed by atoms with Crippen molar-refractivity contribution >= 4 is 29.0 Å². The number of halogens is 2. The third-order valence-electron chi connectivity index (χ3n) is 2.82. The second-order valence-corrected chi connectivity index (χ2v) is 5.20. The number of aryl methyl sites for hydroxylation is 1. The minimum Gasteiger partial charge on any atom is -0.507 e. The molecule has 0 spiro atoms. The van der Waals surface area contributed by atoms with Gasteiger partial charge in [0, 0.05) is 16.5 Å². The lowest BCUT2D eigenvalue weighted by Gasteiger charge is -2.07. The van der Waals surface area contributed by atoms with E-state index in [1.807, 2.05) is 25.1 Å². The van der Waals surface area contributed by atoms with Crippen molar-refractivity contribution in [3.63, 3.8) is 0 Å². The fourth-order valence-corrected chi connectivity index (χ4v) is 2.27. The fourth-order valence-electron chi connectivity index (χ4n) is 1.80. The topological polar surface area (TPSA) is 37.3 Å². The van der Waals surface area contributed by atoms with E-state index in [1.54, 1.807) is 0 Å². The third-order valence-corrected chi connectivity index (χ3v) is 3.41. The summed E-state index contributed by atoms with van der Waals surface area (Å²) < 4.78 is 0. The largest absolute Gasteiger partial charge is 0.507 e. The monoisotopic (exact) mass is 294 g/mol. The summed E-state index contributed by atoms with van der Waals surface area (Å²) in [5, 5.41) is 10.6. The maximum absolute atomic E-state index is 12.1. The molecule has 1 N–H and O–H groups in total. The van der Waals surface area contributed by atoms with Crippen LogP contribution in [0.25, 0.3) is 0 Å². The maximum Gasteiger partial charge on any atom is 0.171 e. The molecule has 2 aromatic rings. The van der Waals surface area contributed by atoms with Crippen molar-refractivity contribution in [1.82, 2.24) is 0 Å². The van der Waals surface area contributed by atoms with Crippen LogP contribution in [0.1, 0.15) is 21.5 Å². The zero-order chi connectivity index (χ0) is 14.0. The van der Waals surface area contributed by atoms with Crippen molar-refractivity contribution in [2.75, 3.05) is 0 Å². The lowest BCUT2D eigenvalue weighted by Crippen LogP contribution is -2.04. The normalized spacial score (nSPS) is 10.5. The van der Waals surface area contributed by atoms with Crippen LogP contribution >= 0.6 is 23.2 Å². The molecule has 0 saturated heterocycles. The summed E-state index contributed by atoms with van der Waals surface area (Å²) in [6.45, 7) is 1.93. The third kappa shape index (κ3) is 3.28. The molecule has 0 atom stereocenters. The number of aromatic hydroxyl groups is 1. The van der Waals surface area contributed by atoms with E-state index in [0.29, 0.717) is 10.0 Å². The van der Waals surface area contributed by atoms with Crippen LogP contribution in [0.3, 0.4) is 0 Å². The zero-order valence-electron chi connectivity index (χ0n) is 10.3. The molecular formula is C15H12Cl2O2. The smallest absolute Gasteiger partial charge is 0.171 e. The predicted molar refractivity (Wildman–Crippen MR) is 77.3 cm³/mol. The predicted octanol–water partition coefficient (Wildman–Crippen LogP) is 4.43. The quantitative estimate of drug-likeness (QED) is 0.850. The number of hydrogen-bond donors (Lipinski definition) is 1. The molecule has 4 heteroatoms. The molecule has 0 amide bonds. The minimum atomic E-state index is -0.217. The Morgan fingerprint density at radius 2 is 1.89 bits per heavy atom. The molecule has 0 aliphatic rings. The molecule has 0 bridgehead atoms. The van der Waals surface area contributed by atoms with Gasteiger partial charge in [-0.05, 0) is 42.3 Å². The van der Waals surface area contributed by atoms with Gasteiger partial charge in [-0.3, -0.25) is 4.79 Å². The van der Waals surface area contributed by atoms with E-state index < -0.39 is 0 Å². The van der Waals surface area contributed by atoms with Crippen molar-refractivity contribution in [3.05, 3.63) is 63.1 Å². The number of carbonyl (C=O) groups is 1. The van der Waals surface area contributed by atoms with E-state index in [0.717, 1.165) is 11.1 Å². The van der Waals surface area contributed by atoms with Crippen molar-refractivity contribution in [3.8, 4) is 5.75 Å². The Labute approximate surface area is 121 Å². The summed E-state index contributed by atoms with van der Waals surface area (Å²) in [4.78, 5) is 12.1. The van der Waals surface area contributed by atoms with Crippen LogP contribution in [0.15, 0.2) is 36.4 Å². The van der Waals surface area contributed by atoms with Gasteiger partial charge in [0.15, 0.2) is 5.78 Å². The molecule has 0 saturated carbocycles. The summed E-state index contributed by atoms with van der Waals surface area (Å²) in [6.07, 6.45) is 0.132. The molecule has 0 aromatic heterocycles. The van der Waals surface area contributed by atoms with Crippen LogP contribution in [0.5, 0.6) is 5.75 Å². The molecular weight excluding hydrogens is 283 g/mol. The standard InChI is InChI=1S/C15H12Cl2O2/c1-9-2-3-10(13(17)6-9)7-15(19)12-8-11(16)4-5-14(12)18/h2-6,8,18H,7H2,1H3. The summed E-state index contributed by atoms with van der Waals surface area (Å²) in [5.74, 6) is -0.289. The number of Topliss-reactive ketones (excluding diaryl/α,β-unsaturated/α-hetero) is 1. The second-order valence-electron chi connectivity index (χ2n) is 4.36. The van der Waals surface area contributed by atoms with Crippen LogP contribution in [-0.2, 0) is 6.42 Å². The number of carbonyl (C=O) groups excluding carboxylic acids is 1. The Kier molecular flexibility index (Phi) is 4.13. The maximum atomic E-state index is 12.1. The van der Waals surface area contributed by atoms with Gasteiger partial charge in [0.1, 0.15) is 5.75 Å². The molecule has 0 heterocycles. The molecule has 0 aliphatic carbocycles. The Balaban J connectivity index is 2.28. The van der Waals surface area contributed by atoms with E-state index in [4.69, 9.17) is 23.2 Å². The molecule has 19 heavy (non-hydrogen) atoms. The van der Waals surface area contributed by atoms with Crippen LogP contribution in [0.2, 0.25) is 10.0 Å². The lowest BCUT2D eigenvalue weighted by atomic mass is 10.0. The van der Waals surface area contributed by atoms with Crippen molar-refractivity contribution in [2.45, 2.75) is 13.3 Å². The van der Waals surface area contributed by atoms with Crippen molar-refractivity contribution in [2.24, 2.45) is 0 Å². The number of phenolic OH excluding ortho intramolecular Hbond substituents is 1. The Morgan fingerprint density at radius 1 is 1.16 bits per heavy atom. The molecule has 0 fully saturated rings. The second kappa shape index (κ2) is 5.64. The Hall–Kier alpha value is -1.51. The van der Waals surface area contributed by atoms with Gasteiger partial charge in [-0.15, -0.1) is 0 Å². The van der Waals surface area contributed by atoms with Gasteiger partial charge in [0.25, 0.3) is 0 Å². The van der Waals surface area contributed by atoms with Crippen LogP contribution in [-0.4, -0.2) is 10.9 Å². The summed E-state index contributed by atoms with van der Waals surface area (Å²) >= 11 is 11.9. The Bertz CT molecular complexity index is 636. The van der Waals surface area contributed by atoms with Gasteiger partial charge < -0.3 is 5.11 Å². The van der Waals surface area contributed by atoms with Gasteiger partial charge in [-0.2, -0.15) is 0 Å². The molecule has 98 valence electrons. The number of phenols is 1. The summed E-state index contributed by atoms with van der Waals surface area (Å²) in [6, 6.07) is 9.92. The SMILES string of the molecule is Cc1ccc(CC(=O)c2cc(Cl)ccc2O)c(Cl)c1. The highest BCUT2D eigenvalue weighted by Gasteiger charge is 2.14. The van der Waals surface area contributed by atoms with E-state index in [1.165, 1.54) is 18.2 Å². The number of rotatable bonds is 3. The first-order chi connectivity index (χ1) is 8.97. The number of benzene rings is 2. The fraction of sp³-hybridized carbons (Fsp3) is 0.133. The number of hydrogen-bond acceptors (Lipinski definition) is 2. The first kappa shape index (κ1) is 13.9. The van der Waals surface area contributed by atoms with E-state index in [-0.39, 0.29) is 23.5 Å². The first-order valence-corrected chi connectivity index (χ1v) is 6.49. The zero-order valence-corrected chi connectivity index (χ0v) is 11.8. The highest BCUT2D eigenvalue weighted by molar-refractivity contribution is 6.32.